The second-order valence-electron chi connectivity index (χ2n) is 8.26. The molecule has 1 aliphatic rings. The van der Waals surface area contributed by atoms with Crippen molar-refractivity contribution in [2.75, 3.05) is 32.7 Å². The van der Waals surface area contributed by atoms with Gasteiger partial charge in [-0.25, -0.2) is 4.68 Å². The van der Waals surface area contributed by atoms with Crippen LogP contribution in [0.1, 0.15) is 42.8 Å². The van der Waals surface area contributed by atoms with E-state index < -0.39 is 0 Å². The van der Waals surface area contributed by atoms with Crippen molar-refractivity contribution in [1.29, 1.82) is 0 Å². The summed E-state index contributed by atoms with van der Waals surface area (Å²) in [7, 11) is 0. The van der Waals surface area contributed by atoms with Crippen LogP contribution >= 0.6 is 0 Å². The number of hydrogen-bond acceptors (Lipinski definition) is 6. The zero-order valence-corrected chi connectivity index (χ0v) is 18.7. The van der Waals surface area contributed by atoms with Gasteiger partial charge in [-0.1, -0.05) is 68.0 Å². The Morgan fingerprint density at radius 3 is 2.59 bits per heavy atom. The van der Waals surface area contributed by atoms with Crippen molar-refractivity contribution in [2.24, 2.45) is 0 Å². The number of unbranched alkanes of at least 4 members (excludes halogenated alkanes) is 1. The number of phenols is 1. The lowest BCUT2D eigenvalue weighted by atomic mass is 10.0. The van der Waals surface area contributed by atoms with Crippen molar-refractivity contribution in [1.82, 2.24) is 30.0 Å². The molecule has 168 valence electrons. The lowest BCUT2D eigenvalue weighted by Gasteiger charge is -2.38. The summed E-state index contributed by atoms with van der Waals surface area (Å²) in [5.74, 6) is 1.12. The normalized spacial score (nSPS) is 16.5. The number of aromatic hydroxyl groups is 1. The number of aryl methyl sites for hydroxylation is 1. The van der Waals surface area contributed by atoms with Crippen LogP contribution in [0.4, 0.5) is 0 Å². The first-order valence-electron chi connectivity index (χ1n) is 11.5. The molecule has 0 spiro atoms. The molecule has 32 heavy (non-hydrogen) atoms. The molecule has 0 radical (unpaired) electrons. The van der Waals surface area contributed by atoms with E-state index in [-0.39, 0.29) is 11.8 Å². The van der Waals surface area contributed by atoms with Crippen LogP contribution in [0.25, 0.3) is 6.08 Å². The smallest absolute Gasteiger partial charge is 0.173 e. The Morgan fingerprint density at radius 1 is 1.03 bits per heavy atom. The van der Waals surface area contributed by atoms with Gasteiger partial charge in [0.25, 0.3) is 0 Å². The fourth-order valence-electron chi connectivity index (χ4n) is 4.20. The third-order valence-electron chi connectivity index (χ3n) is 5.96. The highest BCUT2D eigenvalue weighted by Crippen LogP contribution is 2.30. The van der Waals surface area contributed by atoms with Crippen LogP contribution in [0, 0.1) is 0 Å². The molecule has 7 nitrogen and oxygen atoms in total. The summed E-state index contributed by atoms with van der Waals surface area (Å²) in [6.45, 7) is 7.70. The molecule has 1 aromatic heterocycles. The zero-order chi connectivity index (χ0) is 22.2. The fraction of sp³-hybridized carbons (Fsp3) is 0.400. The molecule has 0 saturated carbocycles. The van der Waals surface area contributed by atoms with Gasteiger partial charge < -0.3 is 5.11 Å². The molecule has 1 unspecified atom stereocenters. The number of nitrogens with zero attached hydrogens (tertiary/aromatic N) is 6. The van der Waals surface area contributed by atoms with Gasteiger partial charge in [0.2, 0.25) is 0 Å². The first-order valence-corrected chi connectivity index (χ1v) is 11.5. The van der Waals surface area contributed by atoms with Gasteiger partial charge >= 0.3 is 0 Å². The summed E-state index contributed by atoms with van der Waals surface area (Å²) in [4.78, 5) is 4.90. The Balaban J connectivity index is 1.46. The Bertz CT molecular complexity index is 994. The highest BCUT2D eigenvalue weighted by Gasteiger charge is 2.30. The third-order valence-corrected chi connectivity index (χ3v) is 5.96. The topological polar surface area (TPSA) is 70.3 Å². The van der Waals surface area contributed by atoms with Crippen LogP contribution in [0.3, 0.4) is 0 Å². The monoisotopic (exact) mass is 432 g/mol. The molecule has 0 aliphatic carbocycles. The molecule has 0 bridgehead atoms. The van der Waals surface area contributed by atoms with Crippen molar-refractivity contribution >= 4 is 6.08 Å². The largest absolute Gasteiger partial charge is 0.508 e. The molecule has 7 heteroatoms. The van der Waals surface area contributed by atoms with Crippen LogP contribution < -0.4 is 0 Å². The maximum Gasteiger partial charge on any atom is 0.173 e. The minimum Gasteiger partial charge on any atom is -0.508 e. The van der Waals surface area contributed by atoms with Crippen LogP contribution in [0.2, 0.25) is 0 Å². The summed E-state index contributed by atoms with van der Waals surface area (Å²) >= 11 is 0. The van der Waals surface area contributed by atoms with Crippen LogP contribution in [0.15, 0.2) is 60.7 Å². The maximum atomic E-state index is 10.1. The first kappa shape index (κ1) is 22.2. The Kier molecular flexibility index (Phi) is 7.64. The summed E-state index contributed by atoms with van der Waals surface area (Å²) in [6, 6.07) is 17.8. The lowest BCUT2D eigenvalue weighted by Crippen LogP contribution is -2.48. The molecule has 0 amide bonds. The number of phenolic OH excluding ortho intramolecular Hbond substituents is 1. The van der Waals surface area contributed by atoms with Crippen molar-refractivity contribution in [3.8, 4) is 5.75 Å². The van der Waals surface area contributed by atoms with E-state index in [4.69, 9.17) is 0 Å². The number of hydrogen-bond donors (Lipinski definition) is 1. The van der Waals surface area contributed by atoms with Gasteiger partial charge in [0.05, 0.1) is 6.04 Å². The SMILES string of the molecule is CCCCn1nnnc1C(c1cccc(O)c1)N1CCN(C/C=C/c2ccccc2)CC1. The van der Waals surface area contributed by atoms with Crippen LogP contribution in [-0.2, 0) is 6.54 Å². The maximum absolute atomic E-state index is 10.1. The van der Waals surface area contributed by atoms with E-state index in [1.165, 1.54) is 5.56 Å². The van der Waals surface area contributed by atoms with Crippen molar-refractivity contribution in [3.05, 3.63) is 77.6 Å². The van der Waals surface area contributed by atoms with E-state index >= 15 is 0 Å². The fourth-order valence-corrected chi connectivity index (χ4v) is 4.20. The van der Waals surface area contributed by atoms with Gasteiger partial charge in [-0.15, -0.1) is 5.10 Å². The van der Waals surface area contributed by atoms with Crippen molar-refractivity contribution in [2.45, 2.75) is 32.4 Å². The van der Waals surface area contributed by atoms with Gasteiger partial charge in [-0.2, -0.15) is 0 Å². The van der Waals surface area contributed by atoms with E-state index in [1.54, 1.807) is 6.07 Å². The summed E-state index contributed by atoms with van der Waals surface area (Å²) in [5.41, 5.74) is 2.25. The number of benzene rings is 2. The van der Waals surface area contributed by atoms with E-state index in [9.17, 15) is 5.11 Å². The average Bonchev–Trinajstić information content (AvgIpc) is 3.28. The molecule has 2 heterocycles. The van der Waals surface area contributed by atoms with E-state index in [2.05, 4.69) is 74.7 Å². The average molecular weight is 433 g/mol. The molecule has 1 fully saturated rings. The molecule has 1 aliphatic heterocycles. The summed E-state index contributed by atoms with van der Waals surface area (Å²) < 4.78 is 1.92. The van der Waals surface area contributed by atoms with E-state index in [0.29, 0.717) is 0 Å². The molecule has 4 rings (SSSR count). The van der Waals surface area contributed by atoms with E-state index in [1.807, 2.05) is 22.9 Å². The Labute approximate surface area is 190 Å². The zero-order valence-electron chi connectivity index (χ0n) is 18.7. The quantitative estimate of drug-likeness (QED) is 0.557. The predicted octanol–water partition coefficient (Wildman–Crippen LogP) is 3.60. The van der Waals surface area contributed by atoms with Gasteiger partial charge in [-0.3, -0.25) is 9.80 Å². The van der Waals surface area contributed by atoms with Gasteiger partial charge in [0.1, 0.15) is 5.75 Å². The molecular formula is C25H32N6O. The van der Waals surface area contributed by atoms with Crippen LogP contribution in [0.5, 0.6) is 5.75 Å². The highest BCUT2D eigenvalue weighted by atomic mass is 16.3. The van der Waals surface area contributed by atoms with Gasteiger partial charge in [-0.05, 0) is 40.1 Å². The van der Waals surface area contributed by atoms with E-state index in [0.717, 1.165) is 63.5 Å². The third kappa shape index (κ3) is 5.60. The van der Waals surface area contributed by atoms with Gasteiger partial charge in [0, 0.05) is 39.3 Å². The number of tetrazole rings is 1. The molecule has 1 atom stereocenters. The molecular weight excluding hydrogens is 400 g/mol. The van der Waals surface area contributed by atoms with Gasteiger partial charge in [0.15, 0.2) is 5.82 Å². The predicted molar refractivity (Wildman–Crippen MR) is 126 cm³/mol. The first-order chi connectivity index (χ1) is 15.7. The summed E-state index contributed by atoms with van der Waals surface area (Å²) in [6.07, 6.45) is 6.55. The summed E-state index contributed by atoms with van der Waals surface area (Å²) in [5, 5.41) is 22.7. The Hall–Kier alpha value is -3.03. The molecule has 1 saturated heterocycles. The van der Waals surface area contributed by atoms with Crippen molar-refractivity contribution in [3.63, 3.8) is 0 Å². The van der Waals surface area contributed by atoms with Crippen LogP contribution in [-0.4, -0.2) is 67.8 Å². The minimum absolute atomic E-state index is 0.0732. The second-order valence-corrected chi connectivity index (χ2v) is 8.26. The second kappa shape index (κ2) is 11.0. The number of rotatable bonds is 9. The highest BCUT2D eigenvalue weighted by molar-refractivity contribution is 5.48. The number of aromatic nitrogens is 4. The molecule has 2 aromatic carbocycles. The van der Waals surface area contributed by atoms with Crippen molar-refractivity contribution < 1.29 is 5.11 Å². The number of piperazine rings is 1. The standard InChI is InChI=1S/C25H32N6O/c1-2-3-15-31-25(26-27-28-31)24(22-12-7-13-23(32)20-22)30-18-16-29(17-19-30)14-8-11-21-9-5-4-6-10-21/h4-13,20,24,32H,2-3,14-19H2,1H3/b11-8+. The molecule has 1 N–H and O–H groups in total. The lowest BCUT2D eigenvalue weighted by molar-refractivity contribution is 0.112. The molecule has 3 aromatic rings. The minimum atomic E-state index is -0.0732. The Morgan fingerprint density at radius 2 is 1.84 bits per heavy atom.